The second kappa shape index (κ2) is 10.5. The number of rotatable bonds is 8. The van der Waals surface area contributed by atoms with Gasteiger partial charge in [-0.3, -0.25) is 4.79 Å². The molecule has 3 N–H and O–H groups in total. The molecule has 1 aliphatic rings. The van der Waals surface area contributed by atoms with E-state index in [1.165, 1.54) is 6.42 Å². The van der Waals surface area contributed by atoms with Crippen molar-refractivity contribution in [1.29, 1.82) is 0 Å². The SMILES string of the molecule is CC(C)(C)OC(=O)NCCCCCCNC(=O)[C@H]1CCCCN1. The Morgan fingerprint density at radius 3 is 2.26 bits per heavy atom. The van der Waals surface area contributed by atoms with Gasteiger partial charge in [0.25, 0.3) is 0 Å². The number of alkyl carbamates (subject to hydrolysis) is 1. The number of hydrogen-bond acceptors (Lipinski definition) is 4. The van der Waals surface area contributed by atoms with Gasteiger partial charge in [0.1, 0.15) is 5.60 Å². The molecule has 0 aromatic rings. The van der Waals surface area contributed by atoms with E-state index in [9.17, 15) is 9.59 Å². The van der Waals surface area contributed by atoms with Gasteiger partial charge in [0.05, 0.1) is 6.04 Å². The van der Waals surface area contributed by atoms with Crippen LogP contribution in [0.4, 0.5) is 4.79 Å². The number of carbonyl (C=O) groups is 2. The van der Waals surface area contributed by atoms with Crippen molar-refractivity contribution in [3.8, 4) is 0 Å². The summed E-state index contributed by atoms with van der Waals surface area (Å²) < 4.78 is 5.16. The smallest absolute Gasteiger partial charge is 0.407 e. The molecule has 1 atom stereocenters. The quantitative estimate of drug-likeness (QED) is 0.598. The molecular weight excluding hydrogens is 294 g/mol. The van der Waals surface area contributed by atoms with Crippen molar-refractivity contribution in [2.75, 3.05) is 19.6 Å². The summed E-state index contributed by atoms with van der Waals surface area (Å²) in [6.07, 6.45) is 6.88. The highest BCUT2D eigenvalue weighted by Crippen LogP contribution is 2.07. The van der Waals surface area contributed by atoms with Crippen LogP contribution < -0.4 is 16.0 Å². The minimum Gasteiger partial charge on any atom is -0.444 e. The number of ether oxygens (including phenoxy) is 1. The maximum atomic E-state index is 11.9. The highest BCUT2D eigenvalue weighted by atomic mass is 16.6. The maximum absolute atomic E-state index is 11.9. The predicted molar refractivity (Wildman–Crippen MR) is 91.4 cm³/mol. The van der Waals surface area contributed by atoms with Gasteiger partial charge in [-0.15, -0.1) is 0 Å². The zero-order valence-electron chi connectivity index (χ0n) is 14.9. The molecule has 0 bridgehead atoms. The van der Waals surface area contributed by atoms with Crippen LogP contribution in [0.25, 0.3) is 0 Å². The molecule has 0 aliphatic carbocycles. The van der Waals surface area contributed by atoms with E-state index >= 15 is 0 Å². The van der Waals surface area contributed by atoms with Crippen LogP contribution >= 0.6 is 0 Å². The lowest BCUT2D eigenvalue weighted by Crippen LogP contribution is -2.46. The summed E-state index contributed by atoms with van der Waals surface area (Å²) in [5.74, 6) is 0.135. The molecule has 0 saturated carbocycles. The molecule has 1 heterocycles. The van der Waals surface area contributed by atoms with Crippen molar-refractivity contribution < 1.29 is 14.3 Å². The first kappa shape index (κ1) is 19.7. The fraction of sp³-hybridized carbons (Fsp3) is 0.882. The average molecular weight is 327 g/mol. The Hall–Kier alpha value is -1.30. The van der Waals surface area contributed by atoms with Gasteiger partial charge in [0.15, 0.2) is 0 Å². The first-order valence-electron chi connectivity index (χ1n) is 8.86. The lowest BCUT2D eigenvalue weighted by molar-refractivity contribution is -0.123. The molecule has 1 rings (SSSR count). The van der Waals surface area contributed by atoms with E-state index in [4.69, 9.17) is 4.74 Å². The van der Waals surface area contributed by atoms with Crippen molar-refractivity contribution in [2.45, 2.75) is 77.4 Å². The van der Waals surface area contributed by atoms with E-state index in [1.807, 2.05) is 20.8 Å². The third-order valence-corrected chi connectivity index (χ3v) is 3.70. The zero-order valence-corrected chi connectivity index (χ0v) is 14.9. The number of unbranched alkanes of at least 4 members (excludes halogenated alkanes) is 3. The Balaban J connectivity index is 1.91. The number of amides is 2. The fourth-order valence-electron chi connectivity index (χ4n) is 2.52. The number of nitrogens with one attached hydrogen (secondary N) is 3. The molecule has 0 spiro atoms. The second-order valence-corrected chi connectivity index (χ2v) is 7.14. The van der Waals surface area contributed by atoms with Crippen molar-refractivity contribution >= 4 is 12.0 Å². The second-order valence-electron chi connectivity index (χ2n) is 7.14. The Kier molecular flexibility index (Phi) is 8.99. The standard InChI is InChI=1S/C17H33N3O3/c1-17(2,3)23-16(22)20-13-8-5-4-7-12-19-15(21)14-10-6-9-11-18-14/h14,18H,4-13H2,1-3H3,(H,19,21)(H,20,22)/t14-/m1/s1. The largest absolute Gasteiger partial charge is 0.444 e. The van der Waals surface area contributed by atoms with Gasteiger partial charge in [0, 0.05) is 13.1 Å². The van der Waals surface area contributed by atoms with E-state index in [0.717, 1.165) is 51.6 Å². The van der Waals surface area contributed by atoms with E-state index < -0.39 is 5.60 Å². The Morgan fingerprint density at radius 1 is 1.04 bits per heavy atom. The minimum atomic E-state index is -0.449. The predicted octanol–water partition coefficient (Wildman–Crippen LogP) is 2.33. The molecule has 23 heavy (non-hydrogen) atoms. The van der Waals surface area contributed by atoms with Crippen molar-refractivity contribution in [1.82, 2.24) is 16.0 Å². The minimum absolute atomic E-state index is 0.00165. The molecule has 0 radical (unpaired) electrons. The number of hydrogen-bond donors (Lipinski definition) is 3. The molecule has 2 amide bonds. The Bertz CT molecular complexity index is 361. The Labute approximate surface area is 140 Å². The monoisotopic (exact) mass is 327 g/mol. The van der Waals surface area contributed by atoms with Crippen LogP contribution in [0.1, 0.15) is 65.7 Å². The molecule has 0 unspecified atom stereocenters. The van der Waals surface area contributed by atoms with Gasteiger partial charge < -0.3 is 20.7 Å². The van der Waals surface area contributed by atoms with Crippen LogP contribution in [0, 0.1) is 0 Å². The average Bonchev–Trinajstić information content (AvgIpc) is 2.48. The number of carbonyl (C=O) groups excluding carboxylic acids is 2. The highest BCUT2D eigenvalue weighted by molar-refractivity contribution is 5.81. The lowest BCUT2D eigenvalue weighted by atomic mass is 10.0. The molecular formula is C17H33N3O3. The van der Waals surface area contributed by atoms with Gasteiger partial charge in [-0.1, -0.05) is 19.3 Å². The van der Waals surface area contributed by atoms with E-state index in [1.54, 1.807) is 0 Å². The van der Waals surface area contributed by atoms with Crippen LogP contribution in [0.5, 0.6) is 0 Å². The van der Waals surface area contributed by atoms with Crippen molar-refractivity contribution in [2.24, 2.45) is 0 Å². The molecule has 1 aliphatic heterocycles. The molecule has 6 heteroatoms. The highest BCUT2D eigenvalue weighted by Gasteiger charge is 2.19. The first-order valence-corrected chi connectivity index (χ1v) is 8.86. The molecule has 1 fully saturated rings. The molecule has 134 valence electrons. The summed E-state index contributed by atoms with van der Waals surface area (Å²) >= 11 is 0. The van der Waals surface area contributed by atoms with E-state index in [-0.39, 0.29) is 18.0 Å². The summed E-state index contributed by atoms with van der Waals surface area (Å²) in [6, 6.07) is 0.00165. The van der Waals surface area contributed by atoms with Crippen LogP contribution in [-0.4, -0.2) is 43.3 Å². The molecule has 0 aromatic heterocycles. The maximum Gasteiger partial charge on any atom is 0.407 e. The summed E-state index contributed by atoms with van der Waals surface area (Å²) in [4.78, 5) is 23.3. The van der Waals surface area contributed by atoms with Gasteiger partial charge in [-0.05, 0) is 53.0 Å². The van der Waals surface area contributed by atoms with Crippen LogP contribution in [0.2, 0.25) is 0 Å². The third kappa shape index (κ3) is 10.2. The molecule has 0 aromatic carbocycles. The molecule has 6 nitrogen and oxygen atoms in total. The van der Waals surface area contributed by atoms with Gasteiger partial charge in [-0.25, -0.2) is 4.79 Å². The van der Waals surface area contributed by atoms with E-state index in [0.29, 0.717) is 6.54 Å². The van der Waals surface area contributed by atoms with E-state index in [2.05, 4.69) is 16.0 Å². The summed E-state index contributed by atoms with van der Waals surface area (Å²) in [5.41, 5.74) is -0.449. The van der Waals surface area contributed by atoms with Crippen molar-refractivity contribution in [3.05, 3.63) is 0 Å². The van der Waals surface area contributed by atoms with Crippen molar-refractivity contribution in [3.63, 3.8) is 0 Å². The summed E-state index contributed by atoms with van der Waals surface area (Å²) in [5, 5.41) is 9.00. The van der Waals surface area contributed by atoms with Gasteiger partial charge in [-0.2, -0.15) is 0 Å². The third-order valence-electron chi connectivity index (χ3n) is 3.70. The van der Waals surface area contributed by atoms with Crippen LogP contribution in [0.3, 0.4) is 0 Å². The van der Waals surface area contributed by atoms with Crippen LogP contribution in [-0.2, 0) is 9.53 Å². The van der Waals surface area contributed by atoms with Gasteiger partial charge in [0.2, 0.25) is 5.91 Å². The van der Waals surface area contributed by atoms with Gasteiger partial charge >= 0.3 is 6.09 Å². The first-order chi connectivity index (χ1) is 10.9. The van der Waals surface area contributed by atoms with Crippen LogP contribution in [0.15, 0.2) is 0 Å². The topological polar surface area (TPSA) is 79.5 Å². The molecule has 1 saturated heterocycles. The summed E-state index contributed by atoms with van der Waals surface area (Å²) in [7, 11) is 0. The Morgan fingerprint density at radius 2 is 1.70 bits per heavy atom. The summed E-state index contributed by atoms with van der Waals surface area (Å²) in [6.45, 7) is 7.86. The number of piperidine rings is 1. The zero-order chi connectivity index (χ0) is 17.1. The normalized spacial score (nSPS) is 18.3. The lowest BCUT2D eigenvalue weighted by Gasteiger charge is -2.22. The fourth-order valence-corrected chi connectivity index (χ4v) is 2.52.